The van der Waals surface area contributed by atoms with Gasteiger partial charge in [-0.05, 0) is 45.8 Å². The minimum atomic E-state index is -8.07. The third kappa shape index (κ3) is 9.68. The number of ether oxygens (including phenoxy) is 2. The standard InChI is InChI=1S/C19H27F13O6Si3/c1-39(2,3)37-41(7,38-40(4,5)6)11-36-13(34)9-8-12(33)35-10-14(20,21)15(22,23)16(24,25)17(26,27)18(28,29)19(30,31)32/h8-9H,10-11H2,1-7H3/b9-8+. The van der Waals surface area contributed by atoms with Crippen molar-refractivity contribution in [1.82, 2.24) is 0 Å². The Labute approximate surface area is 228 Å². The van der Waals surface area contributed by atoms with Gasteiger partial charge in [-0.3, -0.25) is 0 Å². The van der Waals surface area contributed by atoms with E-state index in [0.29, 0.717) is 0 Å². The molecule has 22 heteroatoms. The molecule has 0 aromatic carbocycles. The molecule has 0 aliphatic heterocycles. The Morgan fingerprint density at radius 1 is 0.561 bits per heavy atom. The van der Waals surface area contributed by atoms with E-state index in [1.807, 2.05) is 39.3 Å². The minimum absolute atomic E-state index is 0.0290. The van der Waals surface area contributed by atoms with Gasteiger partial charge in [-0.2, -0.15) is 57.1 Å². The summed E-state index contributed by atoms with van der Waals surface area (Å²) in [6.45, 7) is 9.22. The first-order valence-corrected chi connectivity index (χ1v) is 20.4. The first kappa shape index (κ1) is 39.3. The van der Waals surface area contributed by atoms with Crippen LogP contribution in [-0.4, -0.2) is 85.8 Å². The highest BCUT2D eigenvalue weighted by molar-refractivity contribution is 6.87. The fourth-order valence-corrected chi connectivity index (χ4v) is 14.6. The molecular formula is C19H27F13O6Si3. The van der Waals surface area contributed by atoms with E-state index in [2.05, 4.69) is 4.74 Å². The van der Waals surface area contributed by atoms with E-state index in [1.165, 1.54) is 0 Å². The largest absolute Gasteiger partial charge is 0.461 e. The fraction of sp³-hybridized carbons (Fsp3) is 0.789. The molecule has 0 saturated heterocycles. The second-order valence-electron chi connectivity index (χ2n) is 10.6. The van der Waals surface area contributed by atoms with Crippen LogP contribution in [0.2, 0.25) is 45.8 Å². The van der Waals surface area contributed by atoms with Crippen molar-refractivity contribution in [2.75, 3.05) is 12.8 Å². The van der Waals surface area contributed by atoms with Gasteiger partial charge in [-0.1, -0.05) is 0 Å². The van der Waals surface area contributed by atoms with Crippen LogP contribution in [0.1, 0.15) is 0 Å². The summed E-state index contributed by atoms with van der Waals surface area (Å²) in [7, 11) is -7.66. The topological polar surface area (TPSA) is 71.1 Å². The predicted octanol–water partition coefficient (Wildman–Crippen LogP) is 6.68. The average Bonchev–Trinajstić information content (AvgIpc) is 2.70. The van der Waals surface area contributed by atoms with Gasteiger partial charge in [0, 0.05) is 12.2 Å². The Hall–Kier alpha value is -1.66. The Morgan fingerprint density at radius 3 is 1.24 bits per heavy atom. The van der Waals surface area contributed by atoms with Crippen LogP contribution in [-0.2, 0) is 27.3 Å². The molecule has 0 aromatic rings. The number of hydrogen-bond donors (Lipinski definition) is 0. The molecular weight excluding hydrogens is 655 g/mol. The highest BCUT2D eigenvalue weighted by atomic mass is 28.5. The molecule has 0 N–H and O–H groups in total. The van der Waals surface area contributed by atoms with Crippen LogP contribution >= 0.6 is 0 Å². The maximum absolute atomic E-state index is 13.7. The molecule has 0 atom stereocenters. The van der Waals surface area contributed by atoms with Crippen LogP contribution < -0.4 is 0 Å². The zero-order valence-corrected chi connectivity index (χ0v) is 25.4. The van der Waals surface area contributed by atoms with Crippen molar-refractivity contribution in [2.45, 2.75) is 81.6 Å². The van der Waals surface area contributed by atoms with Crippen molar-refractivity contribution in [2.24, 2.45) is 0 Å². The van der Waals surface area contributed by atoms with Gasteiger partial charge in [0.2, 0.25) is 0 Å². The number of halogens is 13. The summed E-state index contributed by atoms with van der Waals surface area (Å²) >= 11 is 0. The second kappa shape index (κ2) is 12.1. The lowest BCUT2D eigenvalue weighted by Gasteiger charge is -2.39. The normalized spacial score (nSPS) is 15.3. The third-order valence-corrected chi connectivity index (χ3v) is 13.3. The van der Waals surface area contributed by atoms with Gasteiger partial charge < -0.3 is 17.7 Å². The summed E-state index contributed by atoms with van der Waals surface area (Å²) in [5.41, 5.74) is 0. The SMILES string of the molecule is C[Si](C)(C)O[Si](C)(COC(=O)/C=C/C(=O)OCC(F)(F)C(F)(F)C(F)(F)C(F)(F)C(F)(F)C(F)(F)F)O[Si](C)(C)C. The molecule has 0 rings (SSSR count). The summed E-state index contributed by atoms with van der Waals surface area (Å²) in [6.07, 6.45) is -7.80. The molecule has 0 spiro atoms. The molecule has 0 aromatic heterocycles. The van der Waals surface area contributed by atoms with E-state index in [4.69, 9.17) is 13.0 Å². The summed E-state index contributed by atoms with van der Waals surface area (Å²) in [5.74, 6) is -41.7. The Bertz CT molecular complexity index is 957. The first-order valence-electron chi connectivity index (χ1n) is 11.0. The zero-order valence-electron chi connectivity index (χ0n) is 22.4. The smallest absolute Gasteiger partial charge is 0.460 e. The van der Waals surface area contributed by atoms with Crippen molar-refractivity contribution < 1.29 is 84.4 Å². The Morgan fingerprint density at radius 2 is 0.902 bits per heavy atom. The lowest BCUT2D eigenvalue weighted by atomic mass is 9.94. The molecule has 0 amide bonds. The summed E-state index contributed by atoms with van der Waals surface area (Å²) in [4.78, 5) is 23.4. The van der Waals surface area contributed by atoms with Crippen LogP contribution in [0.25, 0.3) is 0 Å². The third-order valence-electron chi connectivity index (χ3n) is 4.27. The number of hydrogen-bond acceptors (Lipinski definition) is 6. The molecule has 6 nitrogen and oxygen atoms in total. The van der Waals surface area contributed by atoms with E-state index < -0.39 is 85.8 Å². The number of alkyl halides is 13. The fourth-order valence-electron chi connectivity index (χ4n) is 2.86. The van der Waals surface area contributed by atoms with Gasteiger partial charge in [0.1, 0.15) is 6.23 Å². The van der Waals surface area contributed by atoms with Crippen molar-refractivity contribution in [1.29, 1.82) is 0 Å². The van der Waals surface area contributed by atoms with Gasteiger partial charge in [-0.15, -0.1) is 0 Å². The highest BCUT2D eigenvalue weighted by Crippen LogP contribution is 2.60. The summed E-state index contributed by atoms with van der Waals surface area (Å²) in [6, 6.07) is 0. The molecule has 41 heavy (non-hydrogen) atoms. The van der Waals surface area contributed by atoms with E-state index in [0.717, 1.165) is 0 Å². The maximum atomic E-state index is 13.7. The molecule has 242 valence electrons. The lowest BCUT2D eigenvalue weighted by molar-refractivity contribution is -0.441. The molecule has 0 radical (unpaired) electrons. The maximum Gasteiger partial charge on any atom is 0.460 e. The van der Waals surface area contributed by atoms with Gasteiger partial charge in [-0.25, -0.2) is 9.59 Å². The molecule has 0 fully saturated rings. The zero-order chi connectivity index (χ0) is 33.3. The van der Waals surface area contributed by atoms with Crippen molar-refractivity contribution in [3.05, 3.63) is 12.2 Å². The van der Waals surface area contributed by atoms with Crippen LogP contribution in [0.5, 0.6) is 0 Å². The van der Waals surface area contributed by atoms with Crippen molar-refractivity contribution in [3.63, 3.8) is 0 Å². The van der Waals surface area contributed by atoms with Crippen LogP contribution in [0.4, 0.5) is 57.1 Å². The lowest BCUT2D eigenvalue weighted by Crippen LogP contribution is -2.70. The van der Waals surface area contributed by atoms with Crippen molar-refractivity contribution in [3.8, 4) is 0 Å². The van der Waals surface area contributed by atoms with Gasteiger partial charge in [0.05, 0.1) is 0 Å². The van der Waals surface area contributed by atoms with Crippen LogP contribution in [0.3, 0.4) is 0 Å². The van der Waals surface area contributed by atoms with E-state index >= 15 is 0 Å². The van der Waals surface area contributed by atoms with E-state index in [9.17, 15) is 66.7 Å². The second-order valence-corrected chi connectivity index (χ2v) is 23.2. The van der Waals surface area contributed by atoms with Gasteiger partial charge in [0.15, 0.2) is 23.2 Å². The molecule has 0 bridgehead atoms. The predicted molar refractivity (Wildman–Crippen MR) is 122 cm³/mol. The summed E-state index contributed by atoms with van der Waals surface area (Å²) in [5, 5.41) is 0. The number of esters is 2. The van der Waals surface area contributed by atoms with E-state index in [1.54, 1.807) is 6.55 Å². The molecule has 0 aliphatic rings. The average molecular weight is 683 g/mol. The number of rotatable bonds is 14. The molecule has 0 saturated carbocycles. The van der Waals surface area contributed by atoms with E-state index in [-0.39, 0.29) is 12.2 Å². The quantitative estimate of drug-likeness (QED) is 0.0882. The molecule has 0 heterocycles. The van der Waals surface area contributed by atoms with Crippen LogP contribution in [0.15, 0.2) is 12.2 Å². The summed E-state index contributed by atoms with van der Waals surface area (Å²) < 4.78 is 190. The first-order chi connectivity index (χ1) is 17.7. The molecule has 0 aliphatic carbocycles. The molecule has 0 unspecified atom stereocenters. The number of carbonyl (C=O) groups excluding carboxylic acids is 2. The van der Waals surface area contributed by atoms with Gasteiger partial charge in [0.25, 0.3) is 0 Å². The monoisotopic (exact) mass is 682 g/mol. The Kier molecular flexibility index (Phi) is 11.7. The van der Waals surface area contributed by atoms with Gasteiger partial charge >= 0.3 is 56.3 Å². The highest BCUT2D eigenvalue weighted by Gasteiger charge is 2.90. The Balaban J connectivity index is 5.56. The van der Waals surface area contributed by atoms with Crippen LogP contribution in [0, 0.1) is 0 Å². The van der Waals surface area contributed by atoms with Crippen molar-refractivity contribution >= 4 is 37.1 Å². The number of carbonyl (C=O) groups is 2. The minimum Gasteiger partial charge on any atom is -0.461 e.